The minimum atomic E-state index is -0.888. The number of hydrogen-bond acceptors (Lipinski definition) is 4. The van der Waals surface area contributed by atoms with E-state index < -0.39 is 11.9 Å². The number of esters is 1. The highest BCUT2D eigenvalue weighted by atomic mass is 16.5. The van der Waals surface area contributed by atoms with Gasteiger partial charge in [-0.2, -0.15) is 0 Å². The van der Waals surface area contributed by atoms with Gasteiger partial charge in [-0.1, -0.05) is 61.5 Å². The number of carbonyl (C=O) groups is 3. The fourth-order valence-electron chi connectivity index (χ4n) is 3.40. The molecule has 2 rings (SSSR count). The number of benzene rings is 2. The van der Waals surface area contributed by atoms with E-state index in [0.29, 0.717) is 25.9 Å². The largest absolute Gasteiger partial charge is 0.481 e. The highest BCUT2D eigenvalue weighted by molar-refractivity contribution is 5.77. The van der Waals surface area contributed by atoms with Crippen LogP contribution in [0.5, 0.6) is 0 Å². The van der Waals surface area contributed by atoms with Gasteiger partial charge in [0.05, 0.1) is 12.5 Å². The molecule has 0 aliphatic rings. The molecule has 0 spiro atoms. The van der Waals surface area contributed by atoms with Crippen LogP contribution in [0.3, 0.4) is 0 Å². The average Bonchev–Trinajstić information content (AvgIpc) is 2.75. The lowest BCUT2D eigenvalue weighted by molar-refractivity contribution is -0.143. The molecule has 2 aromatic carbocycles. The van der Waals surface area contributed by atoms with Crippen molar-refractivity contribution in [2.24, 2.45) is 5.92 Å². The molecule has 2 N–H and O–H groups in total. The number of nitrogens with one attached hydrogen (secondary N) is 1. The highest BCUT2D eigenvalue weighted by Gasteiger charge is 2.20. The molecular formula is C25H31NO5. The molecule has 0 unspecified atom stereocenters. The third-order valence-corrected chi connectivity index (χ3v) is 5.06. The van der Waals surface area contributed by atoms with Crippen LogP contribution in [0.25, 0.3) is 11.1 Å². The molecule has 0 saturated carbocycles. The molecule has 0 aromatic heterocycles. The van der Waals surface area contributed by atoms with E-state index in [1.54, 1.807) is 13.8 Å². The minimum Gasteiger partial charge on any atom is -0.481 e. The summed E-state index contributed by atoms with van der Waals surface area (Å²) in [5.41, 5.74) is 3.25. The predicted octanol–water partition coefficient (Wildman–Crippen LogP) is 4.23. The van der Waals surface area contributed by atoms with Crippen LogP contribution in [0.15, 0.2) is 54.6 Å². The van der Waals surface area contributed by atoms with E-state index in [0.717, 1.165) is 16.7 Å². The van der Waals surface area contributed by atoms with E-state index >= 15 is 0 Å². The maximum Gasteiger partial charge on any atom is 0.306 e. The molecule has 2 aromatic rings. The van der Waals surface area contributed by atoms with Crippen LogP contribution in [0.1, 0.15) is 45.1 Å². The second-order valence-electron chi connectivity index (χ2n) is 7.67. The molecule has 0 fully saturated rings. The predicted molar refractivity (Wildman–Crippen MR) is 119 cm³/mol. The zero-order chi connectivity index (χ0) is 22.6. The first-order valence-electron chi connectivity index (χ1n) is 10.7. The zero-order valence-corrected chi connectivity index (χ0v) is 18.2. The summed E-state index contributed by atoms with van der Waals surface area (Å²) in [4.78, 5) is 35.1. The lowest BCUT2D eigenvalue weighted by Gasteiger charge is -2.21. The first-order valence-corrected chi connectivity index (χ1v) is 10.7. The van der Waals surface area contributed by atoms with Gasteiger partial charge in [0.25, 0.3) is 0 Å². The molecule has 0 bridgehead atoms. The third-order valence-electron chi connectivity index (χ3n) is 5.06. The molecule has 1 amide bonds. The quantitative estimate of drug-likeness (QED) is 0.497. The molecule has 31 heavy (non-hydrogen) atoms. The van der Waals surface area contributed by atoms with Crippen LogP contribution in [0.2, 0.25) is 0 Å². The van der Waals surface area contributed by atoms with Crippen LogP contribution in [-0.2, 0) is 25.5 Å². The van der Waals surface area contributed by atoms with Gasteiger partial charge in [0.15, 0.2) is 0 Å². The van der Waals surface area contributed by atoms with Gasteiger partial charge in [0, 0.05) is 18.9 Å². The van der Waals surface area contributed by atoms with Gasteiger partial charge in [0.2, 0.25) is 5.91 Å². The molecule has 0 aliphatic carbocycles. The SMILES string of the molecule is CCOC(=O)CCCC(=O)N[C@H](Cc1ccc(-c2ccccc2)cc1)C[C@@H](C)C(=O)O. The topological polar surface area (TPSA) is 92.7 Å². The van der Waals surface area contributed by atoms with Gasteiger partial charge < -0.3 is 15.2 Å². The molecule has 0 saturated heterocycles. The van der Waals surface area contributed by atoms with E-state index in [9.17, 15) is 19.5 Å². The van der Waals surface area contributed by atoms with Crippen molar-refractivity contribution in [3.05, 3.63) is 60.2 Å². The number of carboxylic acids is 1. The Labute approximate surface area is 183 Å². The third kappa shape index (κ3) is 8.62. The summed E-state index contributed by atoms with van der Waals surface area (Å²) >= 11 is 0. The van der Waals surface area contributed by atoms with Crippen molar-refractivity contribution >= 4 is 17.8 Å². The standard InChI is InChI=1S/C25H31NO5/c1-3-31-24(28)11-7-10-23(27)26-22(16-18(2)25(29)30)17-19-12-14-21(15-13-19)20-8-5-4-6-9-20/h4-6,8-9,12-15,18,22H,3,7,10-11,16-17H2,1-2H3,(H,26,27)(H,29,30)/t18-,22+/m1/s1. The van der Waals surface area contributed by atoms with E-state index in [-0.39, 0.29) is 30.8 Å². The lowest BCUT2D eigenvalue weighted by Crippen LogP contribution is -2.38. The zero-order valence-electron chi connectivity index (χ0n) is 18.2. The smallest absolute Gasteiger partial charge is 0.306 e. The van der Waals surface area contributed by atoms with E-state index in [2.05, 4.69) is 5.32 Å². The fourth-order valence-corrected chi connectivity index (χ4v) is 3.40. The summed E-state index contributed by atoms with van der Waals surface area (Å²) < 4.78 is 4.87. The Bertz CT molecular complexity index is 848. The van der Waals surface area contributed by atoms with Gasteiger partial charge >= 0.3 is 11.9 Å². The number of amides is 1. The number of aliphatic carboxylic acids is 1. The number of rotatable bonds is 12. The Morgan fingerprint density at radius 2 is 1.61 bits per heavy atom. The van der Waals surface area contributed by atoms with Crippen LogP contribution in [0, 0.1) is 5.92 Å². The first-order chi connectivity index (χ1) is 14.9. The van der Waals surface area contributed by atoms with Crippen molar-refractivity contribution in [3.8, 4) is 11.1 Å². The van der Waals surface area contributed by atoms with Gasteiger partial charge in [-0.3, -0.25) is 14.4 Å². The van der Waals surface area contributed by atoms with Crippen LogP contribution in [0.4, 0.5) is 0 Å². The van der Waals surface area contributed by atoms with Crippen molar-refractivity contribution in [2.75, 3.05) is 6.61 Å². The highest BCUT2D eigenvalue weighted by Crippen LogP contribution is 2.20. The second kappa shape index (κ2) is 12.5. The molecular weight excluding hydrogens is 394 g/mol. The van der Waals surface area contributed by atoms with Gasteiger partial charge in [-0.15, -0.1) is 0 Å². The summed E-state index contributed by atoms with van der Waals surface area (Å²) in [5, 5.41) is 12.2. The van der Waals surface area contributed by atoms with Crippen molar-refractivity contribution in [1.82, 2.24) is 5.32 Å². The summed E-state index contributed by atoms with van der Waals surface area (Å²) in [5.74, 6) is -1.97. The van der Waals surface area contributed by atoms with E-state index in [1.807, 2.05) is 54.6 Å². The number of carboxylic acid groups (broad SMARTS) is 1. The Morgan fingerprint density at radius 3 is 2.23 bits per heavy atom. The normalized spacial score (nSPS) is 12.6. The summed E-state index contributed by atoms with van der Waals surface area (Å²) in [6, 6.07) is 17.8. The van der Waals surface area contributed by atoms with Crippen LogP contribution >= 0.6 is 0 Å². The van der Waals surface area contributed by atoms with Crippen molar-refractivity contribution in [3.63, 3.8) is 0 Å². The second-order valence-corrected chi connectivity index (χ2v) is 7.67. The van der Waals surface area contributed by atoms with Crippen LogP contribution in [-0.4, -0.2) is 35.6 Å². The van der Waals surface area contributed by atoms with Crippen LogP contribution < -0.4 is 5.32 Å². The lowest BCUT2D eigenvalue weighted by atomic mass is 9.94. The van der Waals surface area contributed by atoms with Crippen molar-refractivity contribution < 1.29 is 24.2 Å². The Kier molecular flexibility index (Phi) is 9.75. The Hall–Kier alpha value is -3.15. The summed E-state index contributed by atoms with van der Waals surface area (Å²) in [6.07, 6.45) is 1.66. The molecule has 2 atom stereocenters. The van der Waals surface area contributed by atoms with Crippen molar-refractivity contribution in [1.29, 1.82) is 0 Å². The number of ether oxygens (including phenoxy) is 1. The first kappa shape index (κ1) is 24.1. The molecule has 0 heterocycles. The van der Waals surface area contributed by atoms with Gasteiger partial charge in [0.1, 0.15) is 0 Å². The molecule has 0 aliphatic heterocycles. The van der Waals surface area contributed by atoms with Gasteiger partial charge in [-0.05, 0) is 42.9 Å². The Morgan fingerprint density at radius 1 is 0.968 bits per heavy atom. The summed E-state index contributed by atoms with van der Waals surface area (Å²) in [7, 11) is 0. The average molecular weight is 426 g/mol. The van der Waals surface area contributed by atoms with E-state index in [4.69, 9.17) is 4.74 Å². The Balaban J connectivity index is 1.98. The number of carbonyl (C=O) groups excluding carboxylic acids is 2. The fraction of sp³-hybridized carbons (Fsp3) is 0.400. The summed E-state index contributed by atoms with van der Waals surface area (Å²) in [6.45, 7) is 3.70. The molecule has 0 radical (unpaired) electrons. The minimum absolute atomic E-state index is 0.187. The van der Waals surface area contributed by atoms with Crippen molar-refractivity contribution in [2.45, 2.75) is 52.0 Å². The number of hydrogen-bond donors (Lipinski definition) is 2. The monoisotopic (exact) mass is 425 g/mol. The molecule has 6 nitrogen and oxygen atoms in total. The maximum absolute atomic E-state index is 12.4. The molecule has 166 valence electrons. The molecule has 6 heteroatoms. The maximum atomic E-state index is 12.4. The van der Waals surface area contributed by atoms with E-state index in [1.165, 1.54) is 0 Å². The van der Waals surface area contributed by atoms with Gasteiger partial charge in [-0.25, -0.2) is 0 Å².